The molecule has 0 spiro atoms. The van der Waals surface area contributed by atoms with Gasteiger partial charge < -0.3 is 9.47 Å². The number of nitrogens with zero attached hydrogens (tertiary/aromatic N) is 1. The zero-order valence-corrected chi connectivity index (χ0v) is 15.6. The molecule has 3 rings (SSSR count). The quantitative estimate of drug-likeness (QED) is 0.806. The number of hydrogen-bond donors (Lipinski definition) is 1. The summed E-state index contributed by atoms with van der Waals surface area (Å²) in [6.07, 6.45) is 2.79. The molecule has 1 fully saturated rings. The first-order valence-corrected chi connectivity index (χ1v) is 11.5. The summed E-state index contributed by atoms with van der Waals surface area (Å²) in [5.41, 5.74) is 0. The van der Waals surface area contributed by atoms with Crippen LogP contribution in [-0.4, -0.2) is 59.7 Å². The van der Waals surface area contributed by atoms with Gasteiger partial charge in [-0.25, -0.2) is 25.9 Å². The minimum atomic E-state index is -3.71. The van der Waals surface area contributed by atoms with Crippen LogP contribution in [-0.2, 0) is 20.0 Å². The van der Waals surface area contributed by atoms with E-state index in [-0.39, 0.29) is 10.9 Å². The third kappa shape index (κ3) is 4.43. The van der Waals surface area contributed by atoms with E-state index in [1.165, 1.54) is 16.4 Å². The van der Waals surface area contributed by atoms with Crippen molar-refractivity contribution in [3.63, 3.8) is 0 Å². The molecule has 0 amide bonds. The maximum Gasteiger partial charge on any atom is 0.240 e. The Balaban J connectivity index is 1.70. The first-order valence-electron chi connectivity index (χ1n) is 8.13. The standard InChI is InChI=1S/C15H22N2O6S2/c1-24(18,19)17-7-5-12(6-8-17)16-25(20,21)13-3-4-14-15(11-13)23-10-2-9-22-14/h3-4,11-12,16H,2,5-10H2,1H3. The van der Waals surface area contributed by atoms with Crippen LogP contribution in [0.4, 0.5) is 0 Å². The highest BCUT2D eigenvalue weighted by Crippen LogP contribution is 2.32. The number of hydrogen-bond acceptors (Lipinski definition) is 6. The number of fused-ring (bicyclic) bond motifs is 1. The highest BCUT2D eigenvalue weighted by atomic mass is 32.2. The van der Waals surface area contributed by atoms with Crippen molar-refractivity contribution >= 4 is 20.0 Å². The summed E-state index contributed by atoms with van der Waals surface area (Å²) in [5, 5.41) is 0. The van der Waals surface area contributed by atoms with Crippen LogP contribution in [0.25, 0.3) is 0 Å². The lowest BCUT2D eigenvalue weighted by Crippen LogP contribution is -2.46. The molecule has 1 saturated heterocycles. The Morgan fingerprint density at radius 2 is 1.68 bits per heavy atom. The van der Waals surface area contributed by atoms with Gasteiger partial charge in [0.25, 0.3) is 0 Å². The maximum atomic E-state index is 12.6. The van der Waals surface area contributed by atoms with Crippen LogP contribution in [0.1, 0.15) is 19.3 Å². The van der Waals surface area contributed by atoms with Gasteiger partial charge in [-0.3, -0.25) is 0 Å². The summed E-state index contributed by atoms with van der Waals surface area (Å²) in [5.74, 6) is 0.963. The Kier molecular flexibility index (Phi) is 5.24. The Morgan fingerprint density at radius 1 is 1.04 bits per heavy atom. The molecule has 8 nitrogen and oxygen atoms in total. The van der Waals surface area contributed by atoms with Gasteiger partial charge in [0, 0.05) is 31.6 Å². The van der Waals surface area contributed by atoms with Gasteiger partial charge in [-0.2, -0.15) is 0 Å². The smallest absolute Gasteiger partial charge is 0.240 e. The van der Waals surface area contributed by atoms with Crippen molar-refractivity contribution in [3.05, 3.63) is 18.2 Å². The number of benzene rings is 1. The topological polar surface area (TPSA) is 102 Å². The van der Waals surface area contributed by atoms with Crippen molar-refractivity contribution in [1.29, 1.82) is 0 Å². The maximum absolute atomic E-state index is 12.6. The molecule has 0 radical (unpaired) electrons. The molecule has 25 heavy (non-hydrogen) atoms. The second-order valence-corrected chi connectivity index (χ2v) is 9.91. The Morgan fingerprint density at radius 3 is 2.32 bits per heavy atom. The molecular formula is C15H22N2O6S2. The summed E-state index contributed by atoms with van der Waals surface area (Å²) < 4.78 is 63.3. The van der Waals surface area contributed by atoms with E-state index in [0.717, 1.165) is 12.7 Å². The van der Waals surface area contributed by atoms with Gasteiger partial charge in [0.1, 0.15) is 0 Å². The van der Waals surface area contributed by atoms with Crippen molar-refractivity contribution in [2.24, 2.45) is 0 Å². The van der Waals surface area contributed by atoms with Crippen LogP contribution in [0.3, 0.4) is 0 Å². The summed E-state index contributed by atoms with van der Waals surface area (Å²) >= 11 is 0. The predicted octanol–water partition coefficient (Wildman–Crippen LogP) is 0.550. The first kappa shape index (κ1) is 18.4. The van der Waals surface area contributed by atoms with E-state index in [1.54, 1.807) is 6.07 Å². The van der Waals surface area contributed by atoms with Gasteiger partial charge in [-0.15, -0.1) is 0 Å². The van der Waals surface area contributed by atoms with Crippen molar-refractivity contribution in [1.82, 2.24) is 9.03 Å². The second-order valence-electron chi connectivity index (χ2n) is 6.22. The third-order valence-corrected chi connectivity index (χ3v) is 7.10. The average Bonchev–Trinajstić information content (AvgIpc) is 2.78. The number of nitrogens with one attached hydrogen (secondary N) is 1. The zero-order chi connectivity index (χ0) is 18.1. The van der Waals surface area contributed by atoms with E-state index in [1.807, 2.05) is 0 Å². The van der Waals surface area contributed by atoms with Crippen LogP contribution in [0.2, 0.25) is 0 Å². The van der Waals surface area contributed by atoms with Gasteiger partial charge in [0.05, 0.1) is 24.4 Å². The molecular weight excluding hydrogens is 368 g/mol. The van der Waals surface area contributed by atoms with E-state index >= 15 is 0 Å². The summed E-state index contributed by atoms with van der Waals surface area (Å²) in [6.45, 7) is 1.64. The number of sulfonamides is 2. The molecule has 0 unspecified atom stereocenters. The van der Waals surface area contributed by atoms with E-state index in [4.69, 9.17) is 9.47 Å². The first-order chi connectivity index (χ1) is 11.8. The minimum Gasteiger partial charge on any atom is -0.490 e. The molecule has 0 bridgehead atoms. The Labute approximate surface area is 148 Å². The number of rotatable bonds is 4. The highest BCUT2D eigenvalue weighted by molar-refractivity contribution is 7.89. The Hall–Kier alpha value is -1.36. The van der Waals surface area contributed by atoms with E-state index in [9.17, 15) is 16.8 Å². The monoisotopic (exact) mass is 390 g/mol. The molecule has 0 aromatic heterocycles. The Bertz CT molecular complexity index is 830. The van der Waals surface area contributed by atoms with Crippen LogP contribution in [0, 0.1) is 0 Å². The SMILES string of the molecule is CS(=O)(=O)N1CCC(NS(=O)(=O)c2ccc3c(c2)OCCCO3)CC1. The van der Waals surface area contributed by atoms with Gasteiger partial charge in [-0.1, -0.05) is 0 Å². The molecule has 0 atom stereocenters. The highest BCUT2D eigenvalue weighted by Gasteiger charge is 2.28. The molecule has 2 aliphatic heterocycles. The van der Waals surface area contributed by atoms with Crippen LogP contribution < -0.4 is 14.2 Å². The van der Waals surface area contributed by atoms with Gasteiger partial charge in [0.2, 0.25) is 20.0 Å². The van der Waals surface area contributed by atoms with Gasteiger partial charge in [0.15, 0.2) is 11.5 Å². The molecule has 140 valence electrons. The van der Waals surface area contributed by atoms with Crippen molar-refractivity contribution < 1.29 is 26.3 Å². The summed E-state index contributed by atoms with van der Waals surface area (Å²) in [6, 6.07) is 4.26. The van der Waals surface area contributed by atoms with Crippen molar-refractivity contribution in [3.8, 4) is 11.5 Å². The molecule has 1 aromatic carbocycles. The normalized spacial score (nSPS) is 20.2. The minimum absolute atomic E-state index is 0.113. The number of ether oxygens (including phenoxy) is 2. The zero-order valence-electron chi connectivity index (χ0n) is 14.0. The summed E-state index contributed by atoms with van der Waals surface area (Å²) in [7, 11) is -6.94. The third-order valence-electron chi connectivity index (χ3n) is 4.27. The van der Waals surface area contributed by atoms with E-state index in [0.29, 0.717) is 50.6 Å². The molecule has 1 aromatic rings. The molecule has 0 aliphatic carbocycles. The lowest BCUT2D eigenvalue weighted by molar-refractivity contribution is 0.296. The van der Waals surface area contributed by atoms with Gasteiger partial charge >= 0.3 is 0 Å². The van der Waals surface area contributed by atoms with Crippen molar-refractivity contribution in [2.45, 2.75) is 30.2 Å². The van der Waals surface area contributed by atoms with Crippen LogP contribution in [0.5, 0.6) is 11.5 Å². The van der Waals surface area contributed by atoms with Gasteiger partial charge in [-0.05, 0) is 25.0 Å². The van der Waals surface area contributed by atoms with E-state index in [2.05, 4.69) is 4.72 Å². The number of piperidine rings is 1. The second kappa shape index (κ2) is 7.10. The average molecular weight is 390 g/mol. The molecule has 1 N–H and O–H groups in total. The van der Waals surface area contributed by atoms with Crippen molar-refractivity contribution in [2.75, 3.05) is 32.6 Å². The molecule has 2 aliphatic rings. The molecule has 2 heterocycles. The largest absolute Gasteiger partial charge is 0.490 e. The fraction of sp³-hybridized carbons (Fsp3) is 0.600. The molecule has 10 heteroatoms. The predicted molar refractivity (Wildman–Crippen MR) is 91.8 cm³/mol. The van der Waals surface area contributed by atoms with E-state index < -0.39 is 20.0 Å². The molecule has 0 saturated carbocycles. The van der Waals surface area contributed by atoms with Crippen LogP contribution in [0.15, 0.2) is 23.1 Å². The fourth-order valence-corrected chi connectivity index (χ4v) is 5.10. The summed E-state index contributed by atoms with van der Waals surface area (Å²) in [4.78, 5) is 0.113. The fourth-order valence-electron chi connectivity index (χ4n) is 2.90. The van der Waals surface area contributed by atoms with Crippen LogP contribution >= 0.6 is 0 Å². The lowest BCUT2D eigenvalue weighted by Gasteiger charge is -2.30. The lowest BCUT2D eigenvalue weighted by atomic mass is 10.1.